The fourth-order valence-corrected chi connectivity index (χ4v) is 5.47. The van der Waals surface area contributed by atoms with Crippen LogP contribution >= 0.6 is 11.3 Å². The van der Waals surface area contributed by atoms with Gasteiger partial charge in [0.05, 0.1) is 0 Å². The van der Waals surface area contributed by atoms with Gasteiger partial charge >= 0.3 is 0 Å². The molecule has 2 aliphatic rings. The number of rotatable bonds is 2. The SMILES string of the molecule is Cc1ccccc1-c1nc2n(n1)C(c1sccc1C)C1=C(CC(C)(C)CC1=O)N2. The molecule has 0 saturated heterocycles. The first-order valence-electron chi connectivity index (χ1n) is 9.94. The predicted molar refractivity (Wildman–Crippen MR) is 116 cm³/mol. The highest BCUT2D eigenvalue weighted by Crippen LogP contribution is 2.47. The van der Waals surface area contributed by atoms with Gasteiger partial charge in [-0.05, 0) is 48.3 Å². The summed E-state index contributed by atoms with van der Waals surface area (Å²) in [6.07, 6.45) is 1.39. The first kappa shape index (κ1) is 18.3. The smallest absolute Gasteiger partial charge is 0.226 e. The summed E-state index contributed by atoms with van der Waals surface area (Å²) < 4.78 is 1.91. The molecular weight excluding hydrogens is 380 g/mol. The molecule has 0 fully saturated rings. The summed E-state index contributed by atoms with van der Waals surface area (Å²) in [4.78, 5) is 19.2. The number of nitrogens with zero attached hydrogens (tertiary/aromatic N) is 3. The summed E-state index contributed by atoms with van der Waals surface area (Å²) in [5.41, 5.74) is 5.13. The number of hydrogen-bond donors (Lipinski definition) is 1. The number of ketones is 1. The van der Waals surface area contributed by atoms with Crippen LogP contribution < -0.4 is 5.32 Å². The molecule has 29 heavy (non-hydrogen) atoms. The Bertz CT molecular complexity index is 1170. The summed E-state index contributed by atoms with van der Waals surface area (Å²) >= 11 is 1.68. The zero-order chi connectivity index (χ0) is 20.3. The van der Waals surface area contributed by atoms with Gasteiger partial charge in [-0.2, -0.15) is 4.98 Å². The molecule has 1 atom stereocenters. The Morgan fingerprint density at radius 3 is 2.66 bits per heavy atom. The number of benzene rings is 1. The van der Waals surface area contributed by atoms with Gasteiger partial charge in [-0.3, -0.25) is 4.79 Å². The minimum atomic E-state index is -0.213. The van der Waals surface area contributed by atoms with E-state index in [-0.39, 0.29) is 17.2 Å². The number of anilines is 1. The fraction of sp³-hybridized carbons (Fsp3) is 0.348. The van der Waals surface area contributed by atoms with Crippen molar-refractivity contribution in [2.45, 2.75) is 46.6 Å². The number of allylic oxidation sites excluding steroid dienone is 2. The number of fused-ring (bicyclic) bond motifs is 1. The van der Waals surface area contributed by atoms with Crippen molar-refractivity contribution in [3.63, 3.8) is 0 Å². The fourth-order valence-electron chi connectivity index (χ4n) is 4.45. The van der Waals surface area contributed by atoms with Crippen molar-refractivity contribution in [2.24, 2.45) is 5.41 Å². The second-order valence-corrected chi connectivity index (χ2v) is 9.79. The largest absolute Gasteiger partial charge is 0.328 e. The number of thiophene rings is 1. The lowest BCUT2D eigenvalue weighted by Gasteiger charge is -2.38. The van der Waals surface area contributed by atoms with E-state index in [1.807, 2.05) is 22.9 Å². The molecule has 1 N–H and O–H groups in total. The summed E-state index contributed by atoms with van der Waals surface area (Å²) in [6.45, 7) is 8.48. The lowest BCUT2D eigenvalue weighted by atomic mass is 9.73. The first-order chi connectivity index (χ1) is 13.8. The van der Waals surface area contributed by atoms with E-state index in [1.54, 1.807) is 11.3 Å². The quantitative estimate of drug-likeness (QED) is 0.631. The Morgan fingerprint density at radius 1 is 1.14 bits per heavy atom. The Kier molecular flexibility index (Phi) is 4.03. The van der Waals surface area contributed by atoms with Crippen LogP contribution in [0, 0.1) is 19.3 Å². The van der Waals surface area contributed by atoms with E-state index in [4.69, 9.17) is 10.1 Å². The standard InChI is InChI=1S/C23H24N4OS/c1-13-7-5-6-8-15(13)21-25-22-24-16-11-23(3,4)12-17(28)18(16)19(27(22)26-21)20-14(2)9-10-29-20/h5-10,19H,11-12H2,1-4H3,(H,24,25,26). The third-order valence-electron chi connectivity index (χ3n) is 5.87. The molecule has 1 aliphatic heterocycles. The number of Topliss-reactive ketones (excluding diaryl/α,β-unsaturated/α-hetero) is 1. The Balaban J connectivity index is 1.71. The average Bonchev–Trinajstić information content (AvgIpc) is 3.25. The monoisotopic (exact) mass is 404 g/mol. The molecule has 0 spiro atoms. The van der Waals surface area contributed by atoms with Gasteiger partial charge in [0.2, 0.25) is 5.95 Å². The van der Waals surface area contributed by atoms with E-state index in [1.165, 1.54) is 5.56 Å². The molecule has 0 saturated carbocycles. The van der Waals surface area contributed by atoms with Gasteiger partial charge in [0.25, 0.3) is 0 Å². The Hall–Kier alpha value is -2.73. The van der Waals surface area contributed by atoms with Crippen molar-refractivity contribution in [3.05, 3.63) is 63.0 Å². The number of nitrogens with one attached hydrogen (secondary N) is 1. The summed E-state index contributed by atoms with van der Waals surface area (Å²) in [7, 11) is 0. The second-order valence-electron chi connectivity index (χ2n) is 8.85. The highest BCUT2D eigenvalue weighted by Gasteiger charge is 2.42. The lowest BCUT2D eigenvalue weighted by Crippen LogP contribution is -2.36. The molecule has 3 heterocycles. The third kappa shape index (κ3) is 2.94. The molecule has 6 heteroatoms. The first-order valence-corrected chi connectivity index (χ1v) is 10.8. The molecule has 0 bridgehead atoms. The molecular formula is C23H24N4OS. The van der Waals surface area contributed by atoms with Crippen molar-refractivity contribution in [3.8, 4) is 11.4 Å². The molecule has 1 aliphatic carbocycles. The average molecular weight is 405 g/mol. The van der Waals surface area contributed by atoms with E-state index in [2.05, 4.69) is 50.5 Å². The molecule has 5 rings (SSSR count). The number of hydrogen-bond acceptors (Lipinski definition) is 5. The number of carbonyl (C=O) groups is 1. The Labute approximate surface area is 174 Å². The van der Waals surface area contributed by atoms with Crippen LogP contribution in [0.1, 0.15) is 48.7 Å². The highest BCUT2D eigenvalue weighted by atomic mass is 32.1. The third-order valence-corrected chi connectivity index (χ3v) is 6.94. The number of aryl methyl sites for hydroxylation is 2. The van der Waals surface area contributed by atoms with Crippen molar-refractivity contribution in [1.82, 2.24) is 14.8 Å². The molecule has 5 nitrogen and oxygen atoms in total. The number of aromatic nitrogens is 3. The van der Waals surface area contributed by atoms with Crippen LogP contribution in [0.3, 0.4) is 0 Å². The number of carbonyl (C=O) groups excluding carboxylic acids is 1. The lowest BCUT2D eigenvalue weighted by molar-refractivity contribution is -0.118. The molecule has 0 radical (unpaired) electrons. The van der Waals surface area contributed by atoms with E-state index >= 15 is 0 Å². The Morgan fingerprint density at radius 2 is 1.93 bits per heavy atom. The highest BCUT2D eigenvalue weighted by molar-refractivity contribution is 7.10. The zero-order valence-corrected chi connectivity index (χ0v) is 17.9. The van der Waals surface area contributed by atoms with Crippen LogP contribution in [0.2, 0.25) is 0 Å². The van der Waals surface area contributed by atoms with Gasteiger partial charge in [0.1, 0.15) is 6.04 Å². The van der Waals surface area contributed by atoms with Crippen LogP contribution in [-0.4, -0.2) is 20.5 Å². The van der Waals surface area contributed by atoms with Gasteiger partial charge < -0.3 is 5.32 Å². The van der Waals surface area contributed by atoms with Crippen molar-refractivity contribution < 1.29 is 4.79 Å². The minimum absolute atomic E-state index is 0.0565. The van der Waals surface area contributed by atoms with Crippen molar-refractivity contribution in [2.75, 3.05) is 5.32 Å². The van der Waals surface area contributed by atoms with Crippen LogP contribution in [0.15, 0.2) is 47.0 Å². The van der Waals surface area contributed by atoms with Gasteiger partial charge in [-0.25, -0.2) is 4.68 Å². The minimum Gasteiger partial charge on any atom is -0.328 e. The maximum atomic E-state index is 13.2. The molecule has 0 amide bonds. The van der Waals surface area contributed by atoms with Gasteiger partial charge in [0.15, 0.2) is 11.6 Å². The maximum Gasteiger partial charge on any atom is 0.226 e. The van der Waals surface area contributed by atoms with Crippen LogP contribution in [-0.2, 0) is 4.79 Å². The summed E-state index contributed by atoms with van der Waals surface area (Å²) in [6, 6.07) is 10.0. The van der Waals surface area contributed by atoms with Crippen LogP contribution in [0.5, 0.6) is 0 Å². The maximum absolute atomic E-state index is 13.2. The molecule has 2 aromatic heterocycles. The van der Waals surface area contributed by atoms with Crippen LogP contribution in [0.4, 0.5) is 5.95 Å². The molecule has 1 unspecified atom stereocenters. The zero-order valence-electron chi connectivity index (χ0n) is 17.1. The van der Waals surface area contributed by atoms with E-state index in [0.717, 1.165) is 33.7 Å². The molecule has 1 aromatic carbocycles. The van der Waals surface area contributed by atoms with Crippen molar-refractivity contribution >= 4 is 23.1 Å². The van der Waals surface area contributed by atoms with Gasteiger partial charge in [-0.15, -0.1) is 16.4 Å². The van der Waals surface area contributed by atoms with E-state index < -0.39 is 0 Å². The topological polar surface area (TPSA) is 59.8 Å². The second kappa shape index (κ2) is 6.39. The van der Waals surface area contributed by atoms with Crippen LogP contribution in [0.25, 0.3) is 11.4 Å². The summed E-state index contributed by atoms with van der Waals surface area (Å²) in [5.74, 6) is 1.61. The van der Waals surface area contributed by atoms with Gasteiger partial charge in [-0.1, -0.05) is 38.1 Å². The van der Waals surface area contributed by atoms with Crippen molar-refractivity contribution in [1.29, 1.82) is 0 Å². The van der Waals surface area contributed by atoms with E-state index in [9.17, 15) is 4.79 Å². The predicted octanol–water partition coefficient (Wildman–Crippen LogP) is 5.28. The van der Waals surface area contributed by atoms with E-state index in [0.29, 0.717) is 18.2 Å². The molecule has 3 aromatic rings. The summed E-state index contributed by atoms with van der Waals surface area (Å²) in [5, 5.41) is 10.4. The normalized spacial score (nSPS) is 20.3. The van der Waals surface area contributed by atoms with Gasteiger partial charge in [0, 0.05) is 28.1 Å². The molecule has 148 valence electrons.